The minimum Gasteiger partial charge on any atom is -0.480 e. The molecule has 0 heterocycles. The van der Waals surface area contributed by atoms with Crippen LogP contribution in [0.25, 0.3) is 0 Å². The summed E-state index contributed by atoms with van der Waals surface area (Å²) in [5, 5.41) is 9.27. The van der Waals surface area contributed by atoms with Gasteiger partial charge in [-0.3, -0.25) is 4.79 Å². The maximum atomic E-state index is 11.3. The van der Waals surface area contributed by atoms with Gasteiger partial charge in [-0.25, -0.2) is 0 Å². The third-order valence-corrected chi connectivity index (χ3v) is 3.85. The lowest BCUT2D eigenvalue weighted by Gasteiger charge is -2.26. The number of aliphatic carboxylic acids is 1. The molecule has 4 nitrogen and oxygen atoms in total. The van der Waals surface area contributed by atoms with Crippen LogP contribution >= 0.6 is 0 Å². The Balaban J connectivity index is 2.67. The molecule has 94 valence electrons. The summed E-state index contributed by atoms with van der Waals surface area (Å²) in [5.41, 5.74) is 10.6. The summed E-state index contributed by atoms with van der Waals surface area (Å²) in [6.07, 6.45) is 5.50. The number of carbonyl (C=O) groups is 1. The normalized spacial score (nSPS) is 34.2. The third-order valence-electron chi connectivity index (χ3n) is 3.85. The van der Waals surface area contributed by atoms with Crippen molar-refractivity contribution in [1.29, 1.82) is 0 Å². The van der Waals surface area contributed by atoms with Crippen LogP contribution in [-0.2, 0) is 4.79 Å². The second-order valence-electron chi connectivity index (χ2n) is 5.07. The first-order valence-corrected chi connectivity index (χ1v) is 6.27. The first-order chi connectivity index (χ1) is 7.54. The van der Waals surface area contributed by atoms with E-state index in [2.05, 4.69) is 6.92 Å². The lowest BCUT2D eigenvalue weighted by Crippen LogP contribution is -2.51. The van der Waals surface area contributed by atoms with Crippen LogP contribution < -0.4 is 11.5 Å². The number of hydrogen-bond donors (Lipinski definition) is 3. The summed E-state index contributed by atoms with van der Waals surface area (Å²) in [4.78, 5) is 11.3. The van der Waals surface area contributed by atoms with E-state index in [1.807, 2.05) is 0 Å². The molecule has 16 heavy (non-hydrogen) atoms. The molecule has 0 aromatic heterocycles. The Hall–Kier alpha value is -0.610. The second-order valence-corrected chi connectivity index (χ2v) is 5.07. The van der Waals surface area contributed by atoms with Gasteiger partial charge in [0, 0.05) is 0 Å². The average Bonchev–Trinajstić information content (AvgIpc) is 2.54. The molecule has 1 rings (SSSR count). The van der Waals surface area contributed by atoms with E-state index >= 15 is 0 Å². The maximum Gasteiger partial charge on any atom is 0.323 e. The van der Waals surface area contributed by atoms with Crippen molar-refractivity contribution in [3.63, 3.8) is 0 Å². The first-order valence-electron chi connectivity index (χ1n) is 6.27. The van der Waals surface area contributed by atoms with E-state index in [9.17, 15) is 9.90 Å². The van der Waals surface area contributed by atoms with E-state index in [1.165, 1.54) is 0 Å². The monoisotopic (exact) mass is 228 g/mol. The molecule has 4 heteroatoms. The lowest BCUT2D eigenvalue weighted by atomic mass is 9.84. The summed E-state index contributed by atoms with van der Waals surface area (Å²) in [6, 6.07) is 0. The predicted molar refractivity (Wildman–Crippen MR) is 64.0 cm³/mol. The predicted octanol–water partition coefficient (Wildman–Crippen LogP) is 1.33. The Kier molecular flexibility index (Phi) is 4.74. The molecule has 5 N–H and O–H groups in total. The summed E-state index contributed by atoms with van der Waals surface area (Å²) >= 11 is 0. The standard InChI is InChI=1S/C12H24N2O2/c1-2-3-4-10-7-9(5-6-13)8-12(10,14)11(15)16/h9-10H,2-8,13-14H2,1H3,(H,15,16)/t9-,10-,12-/m0/s1. The molecule has 3 atom stereocenters. The van der Waals surface area contributed by atoms with E-state index in [-0.39, 0.29) is 5.92 Å². The fourth-order valence-corrected chi connectivity index (χ4v) is 2.88. The molecule has 0 aromatic carbocycles. The molecule has 0 aliphatic heterocycles. The molecule has 1 aliphatic rings. The van der Waals surface area contributed by atoms with Crippen molar-refractivity contribution in [3.8, 4) is 0 Å². The molecule has 0 unspecified atom stereocenters. The summed E-state index contributed by atoms with van der Waals surface area (Å²) < 4.78 is 0. The fraction of sp³-hybridized carbons (Fsp3) is 0.917. The zero-order valence-electron chi connectivity index (χ0n) is 10.1. The molecule has 0 saturated heterocycles. The Morgan fingerprint density at radius 3 is 2.69 bits per heavy atom. The minimum atomic E-state index is -1.00. The van der Waals surface area contributed by atoms with Crippen LogP contribution in [0.2, 0.25) is 0 Å². The highest BCUT2D eigenvalue weighted by molar-refractivity contribution is 5.79. The molecule has 0 bridgehead atoms. The molecule has 0 radical (unpaired) electrons. The van der Waals surface area contributed by atoms with E-state index in [4.69, 9.17) is 11.5 Å². The number of carboxylic acid groups (broad SMARTS) is 1. The second kappa shape index (κ2) is 5.64. The van der Waals surface area contributed by atoms with E-state index in [1.54, 1.807) is 0 Å². The number of rotatable bonds is 6. The van der Waals surface area contributed by atoms with Gasteiger partial charge in [-0.05, 0) is 44.1 Å². The Labute approximate surface area is 97.4 Å². The lowest BCUT2D eigenvalue weighted by molar-refractivity contribution is -0.145. The van der Waals surface area contributed by atoms with E-state index < -0.39 is 11.5 Å². The van der Waals surface area contributed by atoms with Gasteiger partial charge in [0.05, 0.1) is 0 Å². The molecular weight excluding hydrogens is 204 g/mol. The molecule has 1 fully saturated rings. The van der Waals surface area contributed by atoms with Gasteiger partial charge in [-0.15, -0.1) is 0 Å². The molecule has 1 aliphatic carbocycles. The van der Waals surface area contributed by atoms with Gasteiger partial charge in [0.15, 0.2) is 0 Å². The molecule has 0 spiro atoms. The van der Waals surface area contributed by atoms with Crippen LogP contribution in [0.1, 0.15) is 45.4 Å². The zero-order chi connectivity index (χ0) is 12.2. The van der Waals surface area contributed by atoms with Gasteiger partial charge in [-0.2, -0.15) is 0 Å². The Morgan fingerprint density at radius 2 is 2.19 bits per heavy atom. The van der Waals surface area contributed by atoms with Gasteiger partial charge in [0.2, 0.25) is 0 Å². The van der Waals surface area contributed by atoms with Crippen LogP contribution in [0.3, 0.4) is 0 Å². The van der Waals surface area contributed by atoms with Crippen molar-refractivity contribution < 1.29 is 9.90 Å². The molecule has 0 aromatic rings. The number of unbranched alkanes of at least 4 members (excludes halogenated alkanes) is 1. The van der Waals surface area contributed by atoms with E-state index in [0.29, 0.717) is 18.9 Å². The van der Waals surface area contributed by atoms with Crippen LogP contribution in [0.15, 0.2) is 0 Å². The average molecular weight is 228 g/mol. The maximum absolute atomic E-state index is 11.3. The Morgan fingerprint density at radius 1 is 1.50 bits per heavy atom. The van der Waals surface area contributed by atoms with Crippen molar-refractivity contribution in [2.45, 2.75) is 51.0 Å². The van der Waals surface area contributed by atoms with Gasteiger partial charge < -0.3 is 16.6 Å². The quantitative estimate of drug-likeness (QED) is 0.640. The zero-order valence-corrected chi connectivity index (χ0v) is 10.1. The van der Waals surface area contributed by atoms with Crippen LogP contribution in [-0.4, -0.2) is 23.2 Å². The highest BCUT2D eigenvalue weighted by atomic mass is 16.4. The smallest absolute Gasteiger partial charge is 0.323 e. The number of nitrogens with two attached hydrogens (primary N) is 2. The summed E-state index contributed by atoms with van der Waals surface area (Å²) in [5.74, 6) is -0.317. The van der Waals surface area contributed by atoms with Crippen molar-refractivity contribution >= 4 is 5.97 Å². The first kappa shape index (κ1) is 13.5. The van der Waals surface area contributed by atoms with Crippen LogP contribution in [0, 0.1) is 11.8 Å². The summed E-state index contributed by atoms with van der Waals surface area (Å²) in [7, 11) is 0. The number of carboxylic acids is 1. The third kappa shape index (κ3) is 2.74. The van der Waals surface area contributed by atoms with Gasteiger partial charge in [0.25, 0.3) is 0 Å². The highest BCUT2D eigenvalue weighted by Crippen LogP contribution is 2.42. The Bertz CT molecular complexity index is 245. The fourth-order valence-electron chi connectivity index (χ4n) is 2.88. The SMILES string of the molecule is CCCC[C@H]1C[C@H](CCN)C[C@@]1(N)C(=O)O. The highest BCUT2D eigenvalue weighted by Gasteiger charge is 2.49. The topological polar surface area (TPSA) is 89.3 Å². The van der Waals surface area contributed by atoms with Crippen molar-refractivity contribution in [2.75, 3.05) is 6.54 Å². The molecular formula is C12H24N2O2. The van der Waals surface area contributed by atoms with Gasteiger partial charge in [0.1, 0.15) is 5.54 Å². The van der Waals surface area contributed by atoms with E-state index in [0.717, 1.165) is 32.1 Å². The van der Waals surface area contributed by atoms with Crippen molar-refractivity contribution in [3.05, 3.63) is 0 Å². The van der Waals surface area contributed by atoms with Crippen molar-refractivity contribution in [2.24, 2.45) is 23.3 Å². The molecule has 0 amide bonds. The molecule has 1 saturated carbocycles. The van der Waals surface area contributed by atoms with Crippen LogP contribution in [0.5, 0.6) is 0 Å². The van der Waals surface area contributed by atoms with Gasteiger partial charge >= 0.3 is 5.97 Å². The van der Waals surface area contributed by atoms with Crippen LogP contribution in [0.4, 0.5) is 0 Å². The van der Waals surface area contributed by atoms with Gasteiger partial charge in [-0.1, -0.05) is 19.8 Å². The number of hydrogen-bond acceptors (Lipinski definition) is 3. The largest absolute Gasteiger partial charge is 0.480 e. The van der Waals surface area contributed by atoms with Crippen molar-refractivity contribution in [1.82, 2.24) is 0 Å². The summed E-state index contributed by atoms with van der Waals surface area (Å²) in [6.45, 7) is 2.74. The minimum absolute atomic E-state index is 0.126.